The lowest BCUT2D eigenvalue weighted by atomic mass is 10.1. The number of likely N-dealkylation sites (N-methyl/N-ethyl adjacent to an activating group) is 1. The van der Waals surface area contributed by atoms with E-state index in [1.165, 1.54) is 11.8 Å². The smallest absolute Gasteiger partial charge is 0.266 e. The number of aromatic nitrogens is 1. The van der Waals surface area contributed by atoms with Crippen LogP contribution in [0.4, 0.5) is 0 Å². The lowest BCUT2D eigenvalue weighted by molar-refractivity contribution is -0.121. The van der Waals surface area contributed by atoms with Crippen LogP contribution >= 0.6 is 39.9 Å². The van der Waals surface area contributed by atoms with Crippen molar-refractivity contribution in [3.8, 4) is 5.75 Å². The molecule has 2 heterocycles. The van der Waals surface area contributed by atoms with Gasteiger partial charge in [0.2, 0.25) is 0 Å². The van der Waals surface area contributed by atoms with Gasteiger partial charge in [-0.15, -0.1) is 0 Å². The van der Waals surface area contributed by atoms with Crippen LogP contribution in [0.25, 0.3) is 17.0 Å². The van der Waals surface area contributed by atoms with Crippen molar-refractivity contribution < 1.29 is 9.53 Å². The van der Waals surface area contributed by atoms with Gasteiger partial charge in [-0.05, 0) is 43.3 Å². The Morgan fingerprint density at radius 1 is 1.17 bits per heavy atom. The second kappa shape index (κ2) is 8.73. The number of benzene rings is 2. The molecule has 1 aliphatic rings. The quantitative estimate of drug-likeness (QED) is 0.330. The third-order valence-corrected chi connectivity index (χ3v) is 6.62. The number of thiocarbonyl (C=S) groups is 1. The summed E-state index contributed by atoms with van der Waals surface area (Å²) in [6, 6.07) is 16.0. The van der Waals surface area contributed by atoms with E-state index in [2.05, 4.69) is 38.8 Å². The van der Waals surface area contributed by atoms with Gasteiger partial charge >= 0.3 is 0 Å². The summed E-state index contributed by atoms with van der Waals surface area (Å²) in [4.78, 5) is 14.9. The fourth-order valence-corrected chi connectivity index (χ4v) is 4.92. The molecule has 1 aromatic heterocycles. The second-order valence-electron chi connectivity index (χ2n) is 6.52. The van der Waals surface area contributed by atoms with Gasteiger partial charge in [-0.3, -0.25) is 9.69 Å². The second-order valence-corrected chi connectivity index (χ2v) is 9.11. The molecule has 3 aromatic rings. The van der Waals surface area contributed by atoms with Crippen LogP contribution in [0.3, 0.4) is 0 Å². The van der Waals surface area contributed by atoms with Crippen LogP contribution in [0.1, 0.15) is 12.5 Å². The van der Waals surface area contributed by atoms with Gasteiger partial charge in [0, 0.05) is 33.7 Å². The molecule has 0 atom stereocenters. The highest BCUT2D eigenvalue weighted by molar-refractivity contribution is 9.10. The first-order valence-corrected chi connectivity index (χ1v) is 11.3. The Morgan fingerprint density at radius 3 is 2.66 bits per heavy atom. The van der Waals surface area contributed by atoms with E-state index in [-0.39, 0.29) is 5.91 Å². The fraction of sp³-hybridized carbons (Fsp3) is 0.182. The number of nitrogens with zero attached hydrogens (tertiary/aromatic N) is 2. The Labute approximate surface area is 187 Å². The lowest BCUT2D eigenvalue weighted by Gasteiger charge is -2.09. The number of amides is 1. The topological polar surface area (TPSA) is 34.5 Å². The third kappa shape index (κ3) is 4.27. The van der Waals surface area contributed by atoms with Crippen LogP contribution in [-0.4, -0.2) is 32.8 Å². The number of hydrogen-bond acceptors (Lipinski definition) is 4. The molecule has 4 rings (SSSR count). The summed E-state index contributed by atoms with van der Waals surface area (Å²) < 4.78 is 9.69. The van der Waals surface area contributed by atoms with Crippen LogP contribution in [-0.2, 0) is 11.3 Å². The number of thioether (sulfide) groups is 1. The van der Waals surface area contributed by atoms with Crippen molar-refractivity contribution in [3.63, 3.8) is 0 Å². The van der Waals surface area contributed by atoms with Crippen LogP contribution in [0.15, 0.2) is 64.1 Å². The standard InChI is InChI=1S/C22H19BrN2O2S2/c1-2-25-21(26)20(29-22(25)28)13-15-14-24(19-6-4-3-5-18(15)19)11-12-27-17-9-7-16(23)8-10-17/h3-10,13-14H,2,11-12H2,1H3. The summed E-state index contributed by atoms with van der Waals surface area (Å²) in [7, 11) is 0. The van der Waals surface area contributed by atoms with Gasteiger partial charge < -0.3 is 9.30 Å². The summed E-state index contributed by atoms with van der Waals surface area (Å²) in [5, 5.41) is 1.11. The van der Waals surface area contributed by atoms with Crippen molar-refractivity contribution in [1.82, 2.24) is 9.47 Å². The zero-order valence-corrected chi connectivity index (χ0v) is 19.0. The average molecular weight is 487 g/mol. The Bertz CT molecular complexity index is 1110. The largest absolute Gasteiger partial charge is 0.492 e. The Kier molecular flexibility index (Phi) is 6.08. The van der Waals surface area contributed by atoms with Gasteiger partial charge in [-0.1, -0.05) is 58.1 Å². The van der Waals surface area contributed by atoms with Gasteiger partial charge in [-0.2, -0.15) is 0 Å². The normalized spacial score (nSPS) is 15.7. The lowest BCUT2D eigenvalue weighted by Crippen LogP contribution is -2.27. The molecule has 1 fully saturated rings. The molecular weight excluding hydrogens is 468 g/mol. The highest BCUT2D eigenvalue weighted by Crippen LogP contribution is 2.34. The molecule has 0 unspecified atom stereocenters. The molecule has 0 N–H and O–H groups in total. The first-order valence-electron chi connectivity index (χ1n) is 9.28. The SMILES string of the molecule is CCN1C(=O)C(=Cc2cn(CCOc3ccc(Br)cc3)c3ccccc23)SC1=S. The highest BCUT2D eigenvalue weighted by atomic mass is 79.9. The molecule has 7 heteroatoms. The van der Waals surface area contributed by atoms with Gasteiger partial charge in [0.25, 0.3) is 5.91 Å². The predicted octanol–water partition coefficient (Wildman–Crippen LogP) is 5.70. The van der Waals surface area contributed by atoms with Crippen molar-refractivity contribution in [2.45, 2.75) is 13.5 Å². The molecule has 148 valence electrons. The average Bonchev–Trinajstić information content (AvgIpc) is 3.20. The minimum atomic E-state index is -0.0158. The van der Waals surface area contributed by atoms with Crippen molar-refractivity contribution in [2.24, 2.45) is 0 Å². The van der Waals surface area contributed by atoms with E-state index in [0.717, 1.165) is 26.7 Å². The zero-order chi connectivity index (χ0) is 20.4. The number of halogens is 1. The maximum atomic E-state index is 12.6. The molecule has 0 saturated carbocycles. The molecular formula is C22H19BrN2O2S2. The Morgan fingerprint density at radius 2 is 1.93 bits per heavy atom. The Hall–Kier alpha value is -2.09. The summed E-state index contributed by atoms with van der Waals surface area (Å²) in [6.07, 6.45) is 4.03. The number of para-hydroxylation sites is 1. The molecule has 0 radical (unpaired) electrons. The molecule has 1 aliphatic heterocycles. The number of fused-ring (bicyclic) bond motifs is 1. The molecule has 1 saturated heterocycles. The van der Waals surface area contributed by atoms with E-state index in [1.54, 1.807) is 4.90 Å². The van der Waals surface area contributed by atoms with Gasteiger partial charge in [-0.25, -0.2) is 0 Å². The van der Waals surface area contributed by atoms with E-state index < -0.39 is 0 Å². The fourth-order valence-electron chi connectivity index (χ4n) is 3.28. The van der Waals surface area contributed by atoms with Gasteiger partial charge in [0.15, 0.2) is 0 Å². The van der Waals surface area contributed by atoms with Gasteiger partial charge in [0.1, 0.15) is 16.7 Å². The summed E-state index contributed by atoms with van der Waals surface area (Å²) >= 11 is 10.1. The predicted molar refractivity (Wildman–Crippen MR) is 127 cm³/mol. The maximum absolute atomic E-state index is 12.6. The van der Waals surface area contributed by atoms with Crippen molar-refractivity contribution in [3.05, 3.63) is 69.7 Å². The summed E-state index contributed by atoms with van der Waals surface area (Å²) in [5.41, 5.74) is 2.13. The van der Waals surface area contributed by atoms with E-state index >= 15 is 0 Å². The van der Waals surface area contributed by atoms with E-state index in [4.69, 9.17) is 17.0 Å². The first-order chi connectivity index (χ1) is 14.1. The highest BCUT2D eigenvalue weighted by Gasteiger charge is 2.30. The first kappa shape index (κ1) is 20.2. The zero-order valence-electron chi connectivity index (χ0n) is 15.8. The number of carbonyl (C=O) groups excluding carboxylic acids is 1. The van der Waals surface area contributed by atoms with E-state index in [1.807, 2.05) is 49.4 Å². The minimum Gasteiger partial charge on any atom is -0.492 e. The van der Waals surface area contributed by atoms with Crippen molar-refractivity contribution in [1.29, 1.82) is 0 Å². The van der Waals surface area contributed by atoms with Gasteiger partial charge in [0.05, 0.1) is 11.4 Å². The van der Waals surface area contributed by atoms with Crippen LogP contribution in [0, 0.1) is 0 Å². The molecule has 2 aromatic carbocycles. The number of rotatable bonds is 6. The minimum absolute atomic E-state index is 0.0158. The molecule has 1 amide bonds. The van der Waals surface area contributed by atoms with E-state index in [0.29, 0.717) is 28.9 Å². The summed E-state index contributed by atoms with van der Waals surface area (Å²) in [5.74, 6) is 0.825. The van der Waals surface area contributed by atoms with Crippen LogP contribution in [0.5, 0.6) is 5.75 Å². The maximum Gasteiger partial charge on any atom is 0.266 e. The van der Waals surface area contributed by atoms with Crippen LogP contribution in [0.2, 0.25) is 0 Å². The molecule has 0 spiro atoms. The van der Waals surface area contributed by atoms with Crippen molar-refractivity contribution >= 4 is 67.1 Å². The molecule has 0 bridgehead atoms. The molecule has 4 nitrogen and oxygen atoms in total. The van der Waals surface area contributed by atoms with Crippen molar-refractivity contribution in [2.75, 3.05) is 13.2 Å². The monoisotopic (exact) mass is 486 g/mol. The number of ether oxygens (including phenoxy) is 1. The molecule has 0 aliphatic carbocycles. The molecule has 29 heavy (non-hydrogen) atoms. The van der Waals surface area contributed by atoms with E-state index in [9.17, 15) is 4.79 Å². The third-order valence-electron chi connectivity index (χ3n) is 4.71. The summed E-state index contributed by atoms with van der Waals surface area (Å²) in [6.45, 7) is 3.79. The van der Waals surface area contributed by atoms with Crippen LogP contribution < -0.4 is 4.74 Å². The Balaban J connectivity index is 1.57. The number of hydrogen-bond donors (Lipinski definition) is 0. The number of carbonyl (C=O) groups is 1.